The van der Waals surface area contributed by atoms with Crippen LogP contribution in [0.4, 0.5) is 5.82 Å². The van der Waals surface area contributed by atoms with E-state index in [4.69, 9.17) is 19.3 Å². The lowest BCUT2D eigenvalue weighted by Crippen LogP contribution is -2.48. The van der Waals surface area contributed by atoms with E-state index in [0.29, 0.717) is 38.0 Å². The van der Waals surface area contributed by atoms with Gasteiger partial charge in [-0.15, -0.1) is 0 Å². The number of aryl methyl sites for hydroxylation is 1. The van der Waals surface area contributed by atoms with Crippen LogP contribution in [-0.2, 0) is 9.47 Å². The molecule has 4 heterocycles. The predicted molar refractivity (Wildman–Crippen MR) is 123 cm³/mol. The molecule has 2 saturated heterocycles. The van der Waals surface area contributed by atoms with Crippen molar-refractivity contribution < 1.29 is 19.3 Å². The maximum Gasteiger partial charge on any atom is 0.320 e. The number of nitrogens with zero attached hydrogens (tertiary/aromatic N) is 5. The van der Waals surface area contributed by atoms with Gasteiger partial charge in [0.15, 0.2) is 5.82 Å². The zero-order valence-corrected chi connectivity index (χ0v) is 18.8. The van der Waals surface area contributed by atoms with E-state index in [1.54, 1.807) is 4.68 Å². The Labute approximate surface area is 192 Å². The molecule has 2 fully saturated rings. The molecule has 0 aliphatic carbocycles. The van der Waals surface area contributed by atoms with Gasteiger partial charge in [-0.1, -0.05) is 23.8 Å². The van der Waals surface area contributed by atoms with Gasteiger partial charge < -0.3 is 24.2 Å². The molecule has 3 aromatic rings. The van der Waals surface area contributed by atoms with Gasteiger partial charge in [-0.3, -0.25) is 0 Å². The highest BCUT2D eigenvalue weighted by atomic mass is 16.5. The van der Waals surface area contributed by atoms with Gasteiger partial charge in [0.25, 0.3) is 0 Å². The first-order valence-electron chi connectivity index (χ1n) is 11.4. The Morgan fingerprint density at radius 2 is 2.06 bits per heavy atom. The number of hydrogen-bond donors (Lipinski definition) is 1. The maximum absolute atomic E-state index is 9.85. The zero-order valence-electron chi connectivity index (χ0n) is 18.8. The van der Waals surface area contributed by atoms with Crippen molar-refractivity contribution in [1.82, 2.24) is 19.7 Å². The smallest absolute Gasteiger partial charge is 0.320 e. The van der Waals surface area contributed by atoms with Crippen molar-refractivity contribution in [2.45, 2.75) is 31.9 Å². The van der Waals surface area contributed by atoms with E-state index in [1.165, 1.54) is 5.56 Å². The van der Waals surface area contributed by atoms with Crippen molar-refractivity contribution in [3.8, 4) is 23.1 Å². The van der Waals surface area contributed by atoms with Gasteiger partial charge in [-0.2, -0.15) is 15.1 Å². The number of hydrogen-bond acceptors (Lipinski definition) is 8. The van der Waals surface area contributed by atoms with Crippen LogP contribution in [0, 0.1) is 6.92 Å². The molecule has 1 aromatic carbocycles. The fourth-order valence-electron chi connectivity index (χ4n) is 4.19. The first-order chi connectivity index (χ1) is 16.2. The van der Waals surface area contributed by atoms with Gasteiger partial charge in [-0.05, 0) is 31.9 Å². The molecule has 9 heteroatoms. The lowest BCUT2D eigenvalue weighted by molar-refractivity contribution is 0.0639. The minimum atomic E-state index is -0.173. The van der Waals surface area contributed by atoms with Crippen molar-refractivity contribution in [3.05, 3.63) is 48.2 Å². The number of ether oxygens (including phenoxy) is 3. The molecule has 174 valence electrons. The Morgan fingerprint density at radius 3 is 2.88 bits per heavy atom. The van der Waals surface area contributed by atoms with E-state index in [0.717, 1.165) is 30.7 Å². The molecule has 0 saturated carbocycles. The lowest BCUT2D eigenvalue weighted by atomic mass is 10.1. The zero-order chi connectivity index (χ0) is 22.6. The number of aliphatic hydroxyl groups is 1. The normalized spacial score (nSPS) is 20.8. The molecular formula is C24H29N5O4. The molecule has 0 radical (unpaired) electrons. The van der Waals surface area contributed by atoms with Gasteiger partial charge in [0.05, 0.1) is 37.7 Å². The van der Waals surface area contributed by atoms with Gasteiger partial charge in [-0.25, -0.2) is 4.68 Å². The quantitative estimate of drug-likeness (QED) is 0.585. The topological polar surface area (TPSA) is 94.8 Å². The fraction of sp³-hybridized carbons (Fsp3) is 0.458. The number of rotatable bonds is 7. The van der Waals surface area contributed by atoms with Gasteiger partial charge in [0.2, 0.25) is 0 Å². The first-order valence-corrected chi connectivity index (χ1v) is 11.4. The van der Waals surface area contributed by atoms with E-state index in [9.17, 15) is 5.11 Å². The van der Waals surface area contributed by atoms with Crippen LogP contribution in [0.1, 0.15) is 18.4 Å². The number of benzene rings is 1. The summed E-state index contributed by atoms with van der Waals surface area (Å²) in [5.41, 5.74) is 3.09. The number of aliphatic hydroxyl groups excluding tert-OH is 1. The van der Waals surface area contributed by atoms with Crippen molar-refractivity contribution in [1.29, 1.82) is 0 Å². The molecule has 2 aromatic heterocycles. The fourth-order valence-corrected chi connectivity index (χ4v) is 4.19. The van der Waals surface area contributed by atoms with Crippen LogP contribution in [-0.4, -0.2) is 76.6 Å². The summed E-state index contributed by atoms with van der Waals surface area (Å²) in [4.78, 5) is 11.3. The molecule has 0 amide bonds. The van der Waals surface area contributed by atoms with E-state index in [2.05, 4.69) is 29.0 Å². The highest BCUT2D eigenvalue weighted by Crippen LogP contribution is 2.25. The van der Waals surface area contributed by atoms with E-state index < -0.39 is 0 Å². The third kappa shape index (κ3) is 5.00. The van der Waals surface area contributed by atoms with Crippen LogP contribution < -0.4 is 9.64 Å². The predicted octanol–water partition coefficient (Wildman–Crippen LogP) is 2.39. The number of aromatic nitrogens is 4. The highest BCUT2D eigenvalue weighted by molar-refractivity contribution is 5.60. The van der Waals surface area contributed by atoms with Crippen LogP contribution >= 0.6 is 0 Å². The van der Waals surface area contributed by atoms with Crippen molar-refractivity contribution in [2.75, 3.05) is 44.5 Å². The maximum atomic E-state index is 9.85. The van der Waals surface area contributed by atoms with E-state index in [1.807, 2.05) is 35.4 Å². The molecule has 2 atom stereocenters. The summed E-state index contributed by atoms with van der Waals surface area (Å²) in [5.74, 6) is 1.28. The molecule has 2 unspecified atom stereocenters. The molecule has 2 aliphatic heterocycles. The molecule has 2 aliphatic rings. The Balaban J connectivity index is 1.47. The van der Waals surface area contributed by atoms with Crippen LogP contribution in [0.25, 0.3) is 17.1 Å². The first kappa shape index (κ1) is 21.8. The van der Waals surface area contributed by atoms with Crippen LogP contribution in [0.3, 0.4) is 0 Å². The van der Waals surface area contributed by atoms with Gasteiger partial charge >= 0.3 is 6.01 Å². The molecule has 9 nitrogen and oxygen atoms in total. The second-order valence-corrected chi connectivity index (χ2v) is 8.43. The summed E-state index contributed by atoms with van der Waals surface area (Å²) in [6, 6.07) is 12.2. The number of morpholine rings is 1. The van der Waals surface area contributed by atoms with Crippen LogP contribution in [0.15, 0.2) is 42.6 Å². The minimum absolute atomic E-state index is 0.0231. The molecule has 0 spiro atoms. The summed E-state index contributed by atoms with van der Waals surface area (Å²) in [6.07, 6.45) is 3.96. The van der Waals surface area contributed by atoms with Gasteiger partial charge in [0.1, 0.15) is 12.4 Å². The highest BCUT2D eigenvalue weighted by Gasteiger charge is 2.26. The van der Waals surface area contributed by atoms with Crippen LogP contribution in [0.2, 0.25) is 0 Å². The Morgan fingerprint density at radius 1 is 1.15 bits per heavy atom. The molecule has 0 bridgehead atoms. The average molecular weight is 452 g/mol. The largest absolute Gasteiger partial charge is 0.461 e. The van der Waals surface area contributed by atoms with E-state index in [-0.39, 0.29) is 24.8 Å². The standard InChI is InChI=1S/C24H29N5O4/c1-17-4-2-5-18(12-17)21-7-8-29(27-21)23-13-22(28-9-11-31-15-19(28)14-30)25-24(26-23)33-16-20-6-3-10-32-20/h2,4-5,7-8,12-13,19-20,30H,3,6,9-11,14-16H2,1H3. The van der Waals surface area contributed by atoms with Crippen molar-refractivity contribution in [3.63, 3.8) is 0 Å². The molecular weight excluding hydrogens is 422 g/mol. The third-order valence-corrected chi connectivity index (χ3v) is 5.97. The Hall–Kier alpha value is -3.01. The average Bonchev–Trinajstić information content (AvgIpc) is 3.55. The Bertz CT molecular complexity index is 1080. The summed E-state index contributed by atoms with van der Waals surface area (Å²) in [5, 5.41) is 14.6. The van der Waals surface area contributed by atoms with Crippen molar-refractivity contribution in [2.24, 2.45) is 0 Å². The van der Waals surface area contributed by atoms with Gasteiger partial charge in [0, 0.05) is 31.0 Å². The second-order valence-electron chi connectivity index (χ2n) is 8.43. The molecule has 5 rings (SSSR count). The summed E-state index contributed by atoms with van der Waals surface area (Å²) >= 11 is 0. The lowest BCUT2D eigenvalue weighted by Gasteiger charge is -2.35. The van der Waals surface area contributed by atoms with Crippen molar-refractivity contribution >= 4 is 5.82 Å². The van der Waals surface area contributed by atoms with E-state index >= 15 is 0 Å². The Kier molecular flexibility index (Phi) is 6.52. The SMILES string of the molecule is Cc1cccc(-c2ccn(-c3cc(N4CCOCC4CO)nc(OCC4CCCO4)n3)n2)c1. The monoisotopic (exact) mass is 451 g/mol. The molecule has 1 N–H and O–H groups in total. The number of anilines is 1. The minimum Gasteiger partial charge on any atom is -0.461 e. The summed E-state index contributed by atoms with van der Waals surface area (Å²) < 4.78 is 18.9. The second kappa shape index (κ2) is 9.86. The summed E-state index contributed by atoms with van der Waals surface area (Å²) in [6.45, 7) is 4.85. The third-order valence-electron chi connectivity index (χ3n) is 5.97. The summed E-state index contributed by atoms with van der Waals surface area (Å²) in [7, 11) is 0. The van der Waals surface area contributed by atoms with Crippen LogP contribution in [0.5, 0.6) is 6.01 Å². The molecule has 33 heavy (non-hydrogen) atoms.